The van der Waals surface area contributed by atoms with Gasteiger partial charge in [-0.3, -0.25) is 4.79 Å². The van der Waals surface area contributed by atoms with E-state index in [4.69, 9.17) is 4.74 Å². The highest BCUT2D eigenvalue weighted by molar-refractivity contribution is 9.10. The number of nitrogens with one attached hydrogen (secondary N) is 1. The van der Waals surface area contributed by atoms with Gasteiger partial charge < -0.3 is 4.74 Å². The standard InChI is InChI=1S/C11H14BrNO4S/c1-3-17-11(14)8(2)13-18(15,16)10-6-4-5-9(12)7-10/h4-8,13H,3H2,1-2H3. The van der Waals surface area contributed by atoms with Crippen LogP contribution in [0, 0.1) is 0 Å². The van der Waals surface area contributed by atoms with Crippen LogP contribution in [0.4, 0.5) is 0 Å². The zero-order chi connectivity index (χ0) is 13.8. The highest BCUT2D eigenvalue weighted by Gasteiger charge is 2.22. The maximum atomic E-state index is 12.0. The molecule has 1 unspecified atom stereocenters. The molecule has 0 amide bonds. The summed E-state index contributed by atoms with van der Waals surface area (Å²) in [5, 5.41) is 0. The van der Waals surface area contributed by atoms with Gasteiger partial charge >= 0.3 is 5.97 Å². The Morgan fingerprint density at radius 1 is 1.50 bits per heavy atom. The van der Waals surface area contributed by atoms with Gasteiger partial charge in [0.2, 0.25) is 10.0 Å². The Balaban J connectivity index is 2.86. The van der Waals surface area contributed by atoms with Crippen LogP contribution in [0.3, 0.4) is 0 Å². The Bertz CT molecular complexity index is 530. The minimum atomic E-state index is -3.73. The van der Waals surface area contributed by atoms with E-state index in [1.165, 1.54) is 19.1 Å². The normalized spacial score (nSPS) is 13.1. The molecule has 5 nitrogen and oxygen atoms in total. The molecule has 0 aromatic heterocycles. The Labute approximate surface area is 115 Å². The molecule has 100 valence electrons. The number of esters is 1. The van der Waals surface area contributed by atoms with Gasteiger partial charge in [-0.25, -0.2) is 8.42 Å². The number of hydrogen-bond donors (Lipinski definition) is 1. The fraction of sp³-hybridized carbons (Fsp3) is 0.364. The zero-order valence-electron chi connectivity index (χ0n) is 10.0. The molecular formula is C11H14BrNO4S. The SMILES string of the molecule is CCOC(=O)C(C)NS(=O)(=O)c1cccc(Br)c1. The number of hydrogen-bond acceptors (Lipinski definition) is 4. The predicted molar refractivity (Wildman–Crippen MR) is 70.6 cm³/mol. The smallest absolute Gasteiger partial charge is 0.323 e. The molecule has 0 radical (unpaired) electrons. The van der Waals surface area contributed by atoms with Crippen molar-refractivity contribution in [2.24, 2.45) is 0 Å². The van der Waals surface area contributed by atoms with Crippen LogP contribution in [0.1, 0.15) is 13.8 Å². The fourth-order valence-electron chi connectivity index (χ4n) is 1.25. The average molecular weight is 336 g/mol. The summed E-state index contributed by atoms with van der Waals surface area (Å²) in [5.41, 5.74) is 0. The molecule has 1 aromatic rings. The first-order valence-corrected chi connectivity index (χ1v) is 7.59. The number of rotatable bonds is 5. The molecule has 0 aliphatic carbocycles. The first-order valence-electron chi connectivity index (χ1n) is 5.31. The van der Waals surface area contributed by atoms with E-state index < -0.39 is 22.0 Å². The average Bonchev–Trinajstić information content (AvgIpc) is 2.28. The number of benzene rings is 1. The lowest BCUT2D eigenvalue weighted by molar-refractivity contribution is -0.144. The van der Waals surface area contributed by atoms with E-state index in [9.17, 15) is 13.2 Å². The summed E-state index contributed by atoms with van der Waals surface area (Å²) in [7, 11) is -3.73. The third kappa shape index (κ3) is 4.08. The first kappa shape index (κ1) is 15.1. The van der Waals surface area contributed by atoms with E-state index in [1.807, 2.05) is 0 Å². The molecule has 18 heavy (non-hydrogen) atoms. The van der Waals surface area contributed by atoms with Crippen molar-refractivity contribution in [1.82, 2.24) is 4.72 Å². The maximum Gasteiger partial charge on any atom is 0.323 e. The van der Waals surface area contributed by atoms with Gasteiger partial charge in [-0.1, -0.05) is 22.0 Å². The van der Waals surface area contributed by atoms with Crippen molar-refractivity contribution >= 4 is 31.9 Å². The van der Waals surface area contributed by atoms with Crippen molar-refractivity contribution in [1.29, 1.82) is 0 Å². The lowest BCUT2D eigenvalue weighted by atomic mass is 10.4. The summed E-state index contributed by atoms with van der Waals surface area (Å²) in [6.45, 7) is 3.31. The molecule has 0 bridgehead atoms. The second-order valence-electron chi connectivity index (χ2n) is 3.55. The maximum absolute atomic E-state index is 12.0. The summed E-state index contributed by atoms with van der Waals surface area (Å²) in [6.07, 6.45) is 0. The summed E-state index contributed by atoms with van der Waals surface area (Å²) in [4.78, 5) is 11.5. The van der Waals surface area contributed by atoms with E-state index in [1.54, 1.807) is 19.1 Å². The molecule has 0 saturated heterocycles. The topological polar surface area (TPSA) is 72.5 Å². The van der Waals surface area contributed by atoms with Crippen LogP contribution >= 0.6 is 15.9 Å². The van der Waals surface area contributed by atoms with Crippen molar-refractivity contribution in [2.45, 2.75) is 24.8 Å². The molecule has 0 saturated carbocycles. The van der Waals surface area contributed by atoms with Crippen LogP contribution in [0.5, 0.6) is 0 Å². The summed E-state index contributed by atoms with van der Waals surface area (Å²) < 4.78 is 31.6. The quantitative estimate of drug-likeness (QED) is 0.831. The third-order valence-corrected chi connectivity index (χ3v) is 4.11. The zero-order valence-corrected chi connectivity index (χ0v) is 12.4. The first-order chi connectivity index (χ1) is 8.36. The molecular weight excluding hydrogens is 322 g/mol. The predicted octanol–water partition coefficient (Wildman–Crippen LogP) is 1.68. The third-order valence-electron chi connectivity index (χ3n) is 2.08. The minimum Gasteiger partial charge on any atom is -0.465 e. The Hall–Kier alpha value is -0.920. The number of sulfonamides is 1. The number of halogens is 1. The molecule has 0 aliphatic rings. The molecule has 0 spiro atoms. The molecule has 0 heterocycles. The van der Waals surface area contributed by atoms with Gasteiger partial charge in [-0.15, -0.1) is 0 Å². The van der Waals surface area contributed by atoms with Crippen molar-refractivity contribution in [3.63, 3.8) is 0 Å². The van der Waals surface area contributed by atoms with E-state index in [0.717, 1.165) is 0 Å². The Kier molecular flexibility index (Phi) is 5.30. The van der Waals surface area contributed by atoms with Crippen molar-refractivity contribution in [3.8, 4) is 0 Å². The van der Waals surface area contributed by atoms with Crippen molar-refractivity contribution < 1.29 is 17.9 Å². The fourth-order valence-corrected chi connectivity index (χ4v) is 3.04. The molecule has 1 atom stereocenters. The summed E-state index contributed by atoms with van der Waals surface area (Å²) >= 11 is 3.19. The van der Waals surface area contributed by atoms with Crippen molar-refractivity contribution in [2.75, 3.05) is 6.61 Å². The number of carbonyl (C=O) groups excluding carboxylic acids is 1. The molecule has 1 aromatic carbocycles. The van der Waals surface area contributed by atoms with E-state index in [0.29, 0.717) is 4.47 Å². The molecule has 0 aliphatic heterocycles. The highest BCUT2D eigenvalue weighted by atomic mass is 79.9. The Morgan fingerprint density at radius 3 is 2.72 bits per heavy atom. The van der Waals surface area contributed by atoms with Gasteiger partial charge in [0.05, 0.1) is 11.5 Å². The van der Waals surface area contributed by atoms with Crippen LogP contribution in [0.25, 0.3) is 0 Å². The Morgan fingerprint density at radius 2 is 2.17 bits per heavy atom. The highest BCUT2D eigenvalue weighted by Crippen LogP contribution is 2.16. The lowest BCUT2D eigenvalue weighted by Gasteiger charge is -2.13. The van der Waals surface area contributed by atoms with Gasteiger partial charge in [0, 0.05) is 4.47 Å². The molecule has 1 N–H and O–H groups in total. The summed E-state index contributed by atoms with van der Waals surface area (Å²) in [6, 6.07) is 5.31. The van der Waals surface area contributed by atoms with Gasteiger partial charge in [0.15, 0.2) is 0 Å². The van der Waals surface area contributed by atoms with E-state index in [-0.39, 0.29) is 11.5 Å². The van der Waals surface area contributed by atoms with E-state index in [2.05, 4.69) is 20.7 Å². The van der Waals surface area contributed by atoms with Crippen molar-refractivity contribution in [3.05, 3.63) is 28.7 Å². The lowest BCUT2D eigenvalue weighted by Crippen LogP contribution is -2.39. The van der Waals surface area contributed by atoms with Crippen LogP contribution in [0.15, 0.2) is 33.6 Å². The second-order valence-corrected chi connectivity index (χ2v) is 6.18. The van der Waals surface area contributed by atoms with Crippen LogP contribution in [0.2, 0.25) is 0 Å². The van der Waals surface area contributed by atoms with E-state index >= 15 is 0 Å². The molecule has 7 heteroatoms. The largest absolute Gasteiger partial charge is 0.465 e. The number of carbonyl (C=O) groups is 1. The van der Waals surface area contributed by atoms with Gasteiger partial charge in [0.1, 0.15) is 6.04 Å². The van der Waals surface area contributed by atoms with Gasteiger partial charge in [-0.05, 0) is 32.0 Å². The van der Waals surface area contributed by atoms with Crippen LogP contribution in [-0.4, -0.2) is 27.0 Å². The van der Waals surface area contributed by atoms with Gasteiger partial charge in [-0.2, -0.15) is 4.72 Å². The minimum absolute atomic E-state index is 0.0908. The number of ether oxygens (including phenoxy) is 1. The molecule has 0 fully saturated rings. The summed E-state index contributed by atoms with van der Waals surface area (Å²) in [5.74, 6) is -0.601. The van der Waals surface area contributed by atoms with Crippen LogP contribution < -0.4 is 4.72 Å². The molecule has 1 rings (SSSR count). The van der Waals surface area contributed by atoms with Crippen LogP contribution in [-0.2, 0) is 19.6 Å². The monoisotopic (exact) mass is 335 g/mol. The van der Waals surface area contributed by atoms with Gasteiger partial charge in [0.25, 0.3) is 0 Å². The second kappa shape index (κ2) is 6.31.